The first kappa shape index (κ1) is 17.5. The Bertz CT molecular complexity index is 1250. The van der Waals surface area contributed by atoms with Crippen LogP contribution >= 0.6 is 22.7 Å². The minimum Gasteiger partial charge on any atom is -0.185 e. The summed E-state index contributed by atoms with van der Waals surface area (Å²) in [6.45, 7) is 0. The largest absolute Gasteiger partial charge is 0.266 e. The van der Waals surface area contributed by atoms with Gasteiger partial charge in [-0.1, -0.05) is 46.9 Å². The molecule has 0 atom stereocenters. The van der Waals surface area contributed by atoms with Gasteiger partial charge in [-0.3, -0.25) is 0 Å². The third-order valence-corrected chi connectivity index (χ3v) is 9.10. The Balaban J connectivity index is 1.52. The molecule has 4 aromatic rings. The molecule has 2 aromatic carbocycles. The van der Waals surface area contributed by atoms with Gasteiger partial charge in [-0.05, 0) is 49.0 Å². The van der Waals surface area contributed by atoms with E-state index in [1.807, 2.05) is 22.7 Å². The molecular formula is C25H24N2S2+2. The van der Waals surface area contributed by atoms with Gasteiger partial charge in [-0.25, -0.2) is 0 Å². The number of rotatable bonds is 2. The predicted molar refractivity (Wildman–Crippen MR) is 123 cm³/mol. The average Bonchev–Trinajstić information content (AvgIpc) is 3.40. The van der Waals surface area contributed by atoms with Gasteiger partial charge in [0, 0.05) is 29.7 Å². The van der Waals surface area contributed by atoms with Gasteiger partial charge in [0.05, 0.1) is 0 Å². The number of fused-ring (bicyclic) bond motifs is 3. The molecule has 0 N–H and O–H groups in total. The van der Waals surface area contributed by atoms with Crippen LogP contribution in [0.5, 0.6) is 0 Å². The summed E-state index contributed by atoms with van der Waals surface area (Å²) in [4.78, 5) is 0. The number of hydrogen-bond acceptors (Lipinski definition) is 2. The number of benzene rings is 2. The van der Waals surface area contributed by atoms with E-state index < -0.39 is 0 Å². The van der Waals surface area contributed by atoms with Crippen molar-refractivity contribution in [1.82, 2.24) is 0 Å². The standard InChI is InChI=1S/C25H24N2S2/c1-26-20-11-5-7-13-22(20)28-24(26)18-15-19(17-10-4-3-9-16(17)18)25-27(2)21-12-6-8-14-23(21)29-25/h5-8,11-14H,3-4,9-10,15H2,1-2H3/q+2. The molecule has 0 aliphatic heterocycles. The Morgan fingerprint density at radius 2 is 1.07 bits per heavy atom. The van der Waals surface area contributed by atoms with Crippen LogP contribution in [-0.2, 0) is 14.1 Å². The second-order valence-electron chi connectivity index (χ2n) is 8.17. The Morgan fingerprint density at radius 3 is 1.52 bits per heavy atom. The molecule has 2 aliphatic rings. The van der Waals surface area contributed by atoms with E-state index in [9.17, 15) is 0 Å². The lowest BCUT2D eigenvalue weighted by Gasteiger charge is -2.16. The third kappa shape index (κ3) is 2.59. The van der Waals surface area contributed by atoms with Gasteiger partial charge < -0.3 is 0 Å². The highest BCUT2D eigenvalue weighted by atomic mass is 32.1. The fraction of sp³-hybridized carbons (Fsp3) is 0.280. The van der Waals surface area contributed by atoms with Crippen LogP contribution in [0.1, 0.15) is 42.1 Å². The molecule has 1 saturated carbocycles. The summed E-state index contributed by atoms with van der Waals surface area (Å²) in [6.07, 6.45) is 6.19. The average molecular weight is 417 g/mol. The van der Waals surface area contributed by atoms with Crippen LogP contribution in [0.15, 0.2) is 59.7 Å². The molecule has 2 heterocycles. The van der Waals surface area contributed by atoms with E-state index in [0.29, 0.717) is 0 Å². The molecule has 0 bridgehead atoms. The van der Waals surface area contributed by atoms with Gasteiger partial charge in [0.15, 0.2) is 0 Å². The molecule has 0 saturated heterocycles. The minimum atomic E-state index is 1.08. The molecule has 0 unspecified atom stereocenters. The van der Waals surface area contributed by atoms with Crippen LogP contribution in [0.4, 0.5) is 0 Å². The fourth-order valence-electron chi connectivity index (χ4n) is 5.10. The van der Waals surface area contributed by atoms with Crippen molar-refractivity contribution < 1.29 is 9.13 Å². The van der Waals surface area contributed by atoms with Gasteiger partial charge >= 0.3 is 0 Å². The zero-order chi connectivity index (χ0) is 19.5. The number of nitrogens with zero attached hydrogens (tertiary/aromatic N) is 2. The summed E-state index contributed by atoms with van der Waals surface area (Å²) >= 11 is 3.92. The number of para-hydroxylation sites is 2. The van der Waals surface area contributed by atoms with Gasteiger partial charge in [0.1, 0.15) is 23.5 Å². The SMILES string of the molecule is C[n+]1c(C2=C3CCCCC3=C(c3sc4ccccc4[n+]3C)C2)sc2ccccc21. The molecule has 2 nitrogen and oxygen atoms in total. The molecule has 144 valence electrons. The molecule has 0 radical (unpaired) electrons. The number of aromatic nitrogens is 2. The van der Waals surface area contributed by atoms with Gasteiger partial charge in [0.25, 0.3) is 10.0 Å². The minimum absolute atomic E-state index is 1.08. The van der Waals surface area contributed by atoms with Gasteiger partial charge in [-0.15, -0.1) is 0 Å². The zero-order valence-electron chi connectivity index (χ0n) is 16.9. The van der Waals surface area contributed by atoms with Crippen molar-refractivity contribution in [3.63, 3.8) is 0 Å². The first-order valence-corrected chi connectivity index (χ1v) is 12.1. The monoisotopic (exact) mass is 416 g/mol. The summed E-state index contributed by atoms with van der Waals surface area (Å²) in [5, 5.41) is 2.89. The highest BCUT2D eigenvalue weighted by Crippen LogP contribution is 2.50. The molecule has 0 amide bonds. The first-order valence-electron chi connectivity index (χ1n) is 10.4. The van der Waals surface area contributed by atoms with Crippen molar-refractivity contribution in [1.29, 1.82) is 0 Å². The van der Waals surface area contributed by atoms with E-state index in [4.69, 9.17) is 0 Å². The van der Waals surface area contributed by atoms with Crippen molar-refractivity contribution in [3.05, 3.63) is 69.7 Å². The number of aryl methyl sites for hydroxylation is 2. The quantitative estimate of drug-likeness (QED) is 0.357. The molecule has 29 heavy (non-hydrogen) atoms. The van der Waals surface area contributed by atoms with Crippen LogP contribution in [0.25, 0.3) is 31.6 Å². The highest BCUT2D eigenvalue weighted by Gasteiger charge is 2.36. The zero-order valence-corrected chi connectivity index (χ0v) is 18.5. The van der Waals surface area contributed by atoms with Crippen LogP contribution in [0.2, 0.25) is 0 Å². The number of thiazole rings is 2. The maximum atomic E-state index is 2.42. The summed E-state index contributed by atoms with van der Waals surface area (Å²) < 4.78 is 7.61. The molecule has 1 fully saturated rings. The second kappa shape index (κ2) is 6.61. The van der Waals surface area contributed by atoms with E-state index in [0.717, 1.165) is 6.42 Å². The summed E-state index contributed by atoms with van der Waals surface area (Å²) in [6, 6.07) is 17.6. The van der Waals surface area contributed by atoms with Gasteiger partial charge in [-0.2, -0.15) is 9.13 Å². The third-order valence-electron chi connectivity index (χ3n) is 6.54. The van der Waals surface area contributed by atoms with Crippen molar-refractivity contribution in [2.24, 2.45) is 14.1 Å². The summed E-state index contributed by atoms with van der Waals surface area (Å²) in [5.74, 6) is 0. The van der Waals surface area contributed by atoms with Crippen LogP contribution in [0.3, 0.4) is 0 Å². The maximum Gasteiger partial charge on any atom is 0.266 e. The topological polar surface area (TPSA) is 7.76 Å². The van der Waals surface area contributed by atoms with Crippen molar-refractivity contribution in [2.75, 3.05) is 0 Å². The molecule has 2 aromatic heterocycles. The Labute approximate surface area is 179 Å². The van der Waals surface area contributed by atoms with E-state index >= 15 is 0 Å². The van der Waals surface area contributed by atoms with E-state index in [1.165, 1.54) is 56.1 Å². The second-order valence-corrected chi connectivity index (χ2v) is 10.2. The van der Waals surface area contributed by atoms with Crippen molar-refractivity contribution in [2.45, 2.75) is 32.1 Å². The molecule has 0 spiro atoms. The Hall–Kier alpha value is -2.30. The Kier molecular flexibility index (Phi) is 4.00. The normalized spacial score (nSPS) is 17.0. The lowest BCUT2D eigenvalue weighted by molar-refractivity contribution is -0.643. The molecule has 4 heteroatoms. The van der Waals surface area contributed by atoms with E-state index in [-0.39, 0.29) is 0 Å². The fourth-order valence-corrected chi connectivity index (χ4v) is 7.54. The smallest absolute Gasteiger partial charge is 0.185 e. The summed E-state index contributed by atoms with van der Waals surface area (Å²) in [7, 11) is 4.48. The van der Waals surface area contributed by atoms with Crippen LogP contribution < -0.4 is 9.13 Å². The molecule has 2 aliphatic carbocycles. The molecule has 6 rings (SSSR count). The maximum absolute atomic E-state index is 2.42. The van der Waals surface area contributed by atoms with Crippen LogP contribution in [-0.4, -0.2) is 0 Å². The predicted octanol–water partition coefficient (Wildman–Crippen LogP) is 5.95. The summed E-state index contributed by atoms with van der Waals surface area (Å²) in [5.41, 5.74) is 9.14. The van der Waals surface area contributed by atoms with E-state index in [2.05, 4.69) is 71.8 Å². The van der Waals surface area contributed by atoms with Crippen LogP contribution in [0, 0.1) is 0 Å². The lowest BCUT2D eigenvalue weighted by atomic mass is 9.89. The van der Waals surface area contributed by atoms with Gasteiger partial charge in [0.2, 0.25) is 11.0 Å². The van der Waals surface area contributed by atoms with Crippen molar-refractivity contribution in [3.8, 4) is 0 Å². The molecular weight excluding hydrogens is 392 g/mol. The lowest BCUT2D eigenvalue weighted by Crippen LogP contribution is -2.31. The first-order chi connectivity index (χ1) is 14.2. The van der Waals surface area contributed by atoms with E-state index in [1.54, 1.807) is 22.3 Å². The highest BCUT2D eigenvalue weighted by molar-refractivity contribution is 7.19. The number of hydrogen-bond donors (Lipinski definition) is 0. The number of allylic oxidation sites excluding steroid dienone is 4. The van der Waals surface area contributed by atoms with Crippen molar-refractivity contribution >= 4 is 54.3 Å². The Morgan fingerprint density at radius 1 is 0.621 bits per heavy atom.